The average Bonchev–Trinajstić information content (AvgIpc) is 3.24. The minimum absolute atomic E-state index is 0.0306. The van der Waals surface area contributed by atoms with Crippen LogP contribution in [0.5, 0.6) is 0 Å². The first-order valence-electron chi connectivity index (χ1n) is 7.44. The number of alkyl halides is 3. The van der Waals surface area contributed by atoms with Crippen molar-refractivity contribution in [1.82, 2.24) is 5.32 Å². The van der Waals surface area contributed by atoms with Gasteiger partial charge in [-0.2, -0.15) is 13.2 Å². The Balaban J connectivity index is 1.62. The number of thioether (sulfide) groups is 1. The number of anilines is 1. The standard InChI is InChI=1S/C15H13ClF3N3O2S/c16-10-4-3-8(5-9(10)15(17,18)19)20-12(23)6-11-13(24)22-14(25-11)21-7-1-2-7/h3-5,7,11H,1-2,6H2,(H,20,23)(H,21,22,24). The van der Waals surface area contributed by atoms with Gasteiger partial charge in [0.15, 0.2) is 5.17 Å². The molecule has 134 valence electrons. The maximum atomic E-state index is 12.8. The first-order chi connectivity index (χ1) is 11.7. The molecule has 3 rings (SSSR count). The third-order valence-electron chi connectivity index (χ3n) is 3.55. The molecule has 1 aromatic carbocycles. The molecule has 2 amide bonds. The molecule has 10 heteroatoms. The molecule has 2 N–H and O–H groups in total. The Morgan fingerprint density at radius 2 is 2.12 bits per heavy atom. The molecule has 1 atom stereocenters. The number of nitrogens with one attached hydrogen (secondary N) is 2. The van der Waals surface area contributed by atoms with Gasteiger partial charge >= 0.3 is 6.18 Å². The number of carbonyl (C=O) groups is 2. The van der Waals surface area contributed by atoms with Crippen LogP contribution in [0.25, 0.3) is 0 Å². The molecule has 0 spiro atoms. The van der Waals surface area contributed by atoms with Crippen LogP contribution >= 0.6 is 23.4 Å². The summed E-state index contributed by atoms with van der Waals surface area (Å²) >= 11 is 6.70. The lowest BCUT2D eigenvalue weighted by Gasteiger charge is -2.12. The quantitative estimate of drug-likeness (QED) is 0.826. The molecular formula is C15H13ClF3N3O2S. The van der Waals surface area contributed by atoms with E-state index in [1.165, 1.54) is 6.07 Å². The van der Waals surface area contributed by atoms with Crippen LogP contribution in [0.2, 0.25) is 5.02 Å². The Kier molecular flexibility index (Phi) is 4.97. The van der Waals surface area contributed by atoms with Crippen molar-refractivity contribution >= 4 is 46.0 Å². The van der Waals surface area contributed by atoms with Crippen molar-refractivity contribution in [3.8, 4) is 0 Å². The van der Waals surface area contributed by atoms with Gasteiger partial charge in [-0.25, -0.2) is 0 Å². The molecule has 1 aromatic rings. The Bertz CT molecular complexity index is 750. The Morgan fingerprint density at radius 1 is 1.40 bits per heavy atom. The van der Waals surface area contributed by atoms with E-state index in [0.717, 1.165) is 36.7 Å². The van der Waals surface area contributed by atoms with Gasteiger partial charge in [0.25, 0.3) is 0 Å². The van der Waals surface area contributed by atoms with Gasteiger partial charge in [-0.05, 0) is 31.0 Å². The molecule has 1 saturated heterocycles. The van der Waals surface area contributed by atoms with E-state index in [1.807, 2.05) is 0 Å². The Morgan fingerprint density at radius 3 is 2.76 bits per heavy atom. The zero-order valence-corrected chi connectivity index (χ0v) is 14.3. The number of amidine groups is 1. The first-order valence-corrected chi connectivity index (χ1v) is 8.70. The van der Waals surface area contributed by atoms with E-state index < -0.39 is 27.9 Å². The van der Waals surface area contributed by atoms with Crippen LogP contribution in [-0.4, -0.2) is 28.3 Å². The highest BCUT2D eigenvalue weighted by Gasteiger charge is 2.35. The van der Waals surface area contributed by atoms with E-state index >= 15 is 0 Å². The highest BCUT2D eigenvalue weighted by molar-refractivity contribution is 8.15. The number of halogens is 4. The minimum atomic E-state index is -4.62. The molecule has 0 radical (unpaired) electrons. The molecule has 0 aromatic heterocycles. The van der Waals surface area contributed by atoms with E-state index in [1.54, 1.807) is 0 Å². The van der Waals surface area contributed by atoms with Crippen LogP contribution in [0.4, 0.5) is 18.9 Å². The zero-order chi connectivity index (χ0) is 18.2. The fourth-order valence-electron chi connectivity index (χ4n) is 2.17. The third-order valence-corrected chi connectivity index (χ3v) is 4.98. The van der Waals surface area contributed by atoms with E-state index in [0.29, 0.717) is 5.17 Å². The largest absolute Gasteiger partial charge is 0.417 e. The summed E-state index contributed by atoms with van der Waals surface area (Å²) in [6.07, 6.45) is -2.80. The lowest BCUT2D eigenvalue weighted by Crippen LogP contribution is -2.28. The number of nitrogens with zero attached hydrogens (tertiary/aromatic N) is 1. The highest BCUT2D eigenvalue weighted by atomic mass is 35.5. The molecule has 1 saturated carbocycles. The summed E-state index contributed by atoms with van der Waals surface area (Å²) in [5.74, 6) is -0.887. The predicted molar refractivity (Wildman–Crippen MR) is 89.7 cm³/mol. The molecule has 1 heterocycles. The summed E-state index contributed by atoms with van der Waals surface area (Å²) in [5.41, 5.74) is -1.06. The second-order valence-electron chi connectivity index (χ2n) is 5.71. The smallest absolute Gasteiger partial charge is 0.326 e. The van der Waals surface area contributed by atoms with Crippen molar-refractivity contribution in [2.45, 2.75) is 36.7 Å². The van der Waals surface area contributed by atoms with E-state index in [2.05, 4.69) is 15.6 Å². The van der Waals surface area contributed by atoms with Gasteiger partial charge in [-0.3, -0.25) is 14.6 Å². The van der Waals surface area contributed by atoms with Crippen molar-refractivity contribution in [3.63, 3.8) is 0 Å². The lowest BCUT2D eigenvalue weighted by molar-refractivity contribution is -0.137. The fourth-order valence-corrected chi connectivity index (χ4v) is 3.44. The van der Waals surface area contributed by atoms with Gasteiger partial charge in [-0.15, -0.1) is 0 Å². The highest BCUT2D eigenvalue weighted by Crippen LogP contribution is 2.36. The van der Waals surface area contributed by atoms with Crippen LogP contribution in [0, 0.1) is 0 Å². The topological polar surface area (TPSA) is 70.6 Å². The number of aliphatic imine (C=N–C) groups is 1. The number of amides is 2. The summed E-state index contributed by atoms with van der Waals surface area (Å²) < 4.78 is 38.5. The number of carbonyl (C=O) groups excluding carboxylic acids is 2. The number of hydrogen-bond acceptors (Lipinski definition) is 4. The van der Waals surface area contributed by atoms with Crippen LogP contribution in [0.15, 0.2) is 23.2 Å². The Labute approximate surface area is 150 Å². The average molecular weight is 392 g/mol. The number of benzene rings is 1. The molecule has 2 aliphatic rings. The predicted octanol–water partition coefficient (Wildman–Crippen LogP) is 3.44. The Hall–Kier alpha value is -1.74. The third kappa shape index (κ3) is 4.66. The van der Waals surface area contributed by atoms with Gasteiger partial charge in [0.1, 0.15) is 5.25 Å². The molecular weight excluding hydrogens is 379 g/mol. The maximum Gasteiger partial charge on any atom is 0.417 e. The first kappa shape index (κ1) is 18.1. The SMILES string of the molecule is O=C(CC1SC(=NC2CC2)NC1=O)Nc1ccc(Cl)c(C(F)(F)F)c1. The fraction of sp³-hybridized carbons (Fsp3) is 0.400. The van der Waals surface area contributed by atoms with Crippen molar-refractivity contribution in [2.24, 2.45) is 4.99 Å². The molecule has 25 heavy (non-hydrogen) atoms. The molecule has 2 fully saturated rings. The molecule has 1 aliphatic carbocycles. The van der Waals surface area contributed by atoms with Crippen LogP contribution in [0.1, 0.15) is 24.8 Å². The van der Waals surface area contributed by atoms with Crippen molar-refractivity contribution < 1.29 is 22.8 Å². The van der Waals surface area contributed by atoms with Gasteiger partial charge in [0.05, 0.1) is 16.6 Å². The number of hydrogen-bond donors (Lipinski definition) is 2. The normalized spacial score (nSPS) is 22.2. The molecule has 5 nitrogen and oxygen atoms in total. The van der Waals surface area contributed by atoms with Gasteiger partial charge < -0.3 is 10.6 Å². The summed E-state index contributed by atoms with van der Waals surface area (Å²) in [6.45, 7) is 0. The minimum Gasteiger partial charge on any atom is -0.326 e. The second kappa shape index (κ2) is 6.87. The molecule has 0 bridgehead atoms. The van der Waals surface area contributed by atoms with Crippen molar-refractivity contribution in [1.29, 1.82) is 0 Å². The van der Waals surface area contributed by atoms with Crippen LogP contribution < -0.4 is 10.6 Å². The van der Waals surface area contributed by atoms with E-state index in [9.17, 15) is 22.8 Å². The monoisotopic (exact) mass is 391 g/mol. The summed E-state index contributed by atoms with van der Waals surface area (Å²) in [7, 11) is 0. The van der Waals surface area contributed by atoms with Gasteiger partial charge in [0.2, 0.25) is 11.8 Å². The summed E-state index contributed by atoms with van der Waals surface area (Å²) in [4.78, 5) is 28.2. The van der Waals surface area contributed by atoms with Crippen molar-refractivity contribution in [2.75, 3.05) is 5.32 Å². The van der Waals surface area contributed by atoms with Crippen LogP contribution in [-0.2, 0) is 15.8 Å². The van der Waals surface area contributed by atoms with Crippen LogP contribution in [0.3, 0.4) is 0 Å². The summed E-state index contributed by atoms with van der Waals surface area (Å²) in [6, 6.07) is 3.35. The zero-order valence-electron chi connectivity index (χ0n) is 12.7. The lowest BCUT2D eigenvalue weighted by atomic mass is 10.2. The van der Waals surface area contributed by atoms with Crippen molar-refractivity contribution in [3.05, 3.63) is 28.8 Å². The van der Waals surface area contributed by atoms with E-state index in [-0.39, 0.29) is 24.1 Å². The second-order valence-corrected chi connectivity index (χ2v) is 7.30. The van der Waals surface area contributed by atoms with Gasteiger partial charge in [-0.1, -0.05) is 23.4 Å². The molecule has 1 unspecified atom stereocenters. The maximum absolute atomic E-state index is 12.8. The number of rotatable bonds is 4. The molecule has 1 aliphatic heterocycles. The van der Waals surface area contributed by atoms with Gasteiger partial charge in [0, 0.05) is 12.1 Å². The van der Waals surface area contributed by atoms with E-state index in [4.69, 9.17) is 11.6 Å². The summed E-state index contributed by atoms with van der Waals surface area (Å²) in [5, 5.41) is 4.38.